The molecular formula is C14H16ClNO3. The van der Waals surface area contributed by atoms with Crippen molar-refractivity contribution in [3.05, 3.63) is 34.4 Å². The average molecular weight is 282 g/mol. The Bertz CT molecular complexity index is 513. The minimum absolute atomic E-state index is 0.0424. The SMILES string of the molecule is COC[C@H](C)NC(=O)C1=Cc2cc(Cl)ccc2OC1. The zero-order chi connectivity index (χ0) is 13.8. The fourth-order valence-corrected chi connectivity index (χ4v) is 2.07. The molecule has 102 valence electrons. The van der Waals surface area contributed by atoms with Gasteiger partial charge in [-0.05, 0) is 31.2 Å². The van der Waals surface area contributed by atoms with Gasteiger partial charge in [0.1, 0.15) is 12.4 Å². The minimum Gasteiger partial charge on any atom is -0.488 e. The second kappa shape index (κ2) is 6.08. The number of rotatable bonds is 4. The Hall–Kier alpha value is -1.52. The lowest BCUT2D eigenvalue weighted by Crippen LogP contribution is -2.37. The van der Waals surface area contributed by atoms with Gasteiger partial charge < -0.3 is 14.8 Å². The highest BCUT2D eigenvalue weighted by atomic mass is 35.5. The molecule has 1 N–H and O–H groups in total. The number of methoxy groups -OCH3 is 1. The van der Waals surface area contributed by atoms with E-state index in [1.807, 2.05) is 6.92 Å². The third kappa shape index (κ3) is 3.49. The Balaban J connectivity index is 2.12. The van der Waals surface area contributed by atoms with Crippen molar-refractivity contribution in [2.75, 3.05) is 20.3 Å². The van der Waals surface area contributed by atoms with Gasteiger partial charge in [-0.15, -0.1) is 0 Å². The van der Waals surface area contributed by atoms with Crippen LogP contribution in [0.4, 0.5) is 0 Å². The smallest absolute Gasteiger partial charge is 0.250 e. The van der Waals surface area contributed by atoms with E-state index in [9.17, 15) is 4.79 Å². The van der Waals surface area contributed by atoms with Crippen LogP contribution in [0.2, 0.25) is 5.02 Å². The quantitative estimate of drug-likeness (QED) is 0.921. The van der Waals surface area contributed by atoms with Crippen molar-refractivity contribution < 1.29 is 14.3 Å². The largest absolute Gasteiger partial charge is 0.488 e. The third-order valence-electron chi connectivity index (χ3n) is 2.77. The molecule has 0 unspecified atom stereocenters. The van der Waals surface area contributed by atoms with E-state index in [-0.39, 0.29) is 18.6 Å². The van der Waals surface area contributed by atoms with Crippen molar-refractivity contribution in [3.8, 4) is 5.75 Å². The van der Waals surface area contributed by atoms with Crippen LogP contribution in [0.25, 0.3) is 6.08 Å². The molecule has 1 atom stereocenters. The molecule has 19 heavy (non-hydrogen) atoms. The Morgan fingerprint density at radius 3 is 3.11 bits per heavy atom. The van der Waals surface area contributed by atoms with Crippen LogP contribution in [0.3, 0.4) is 0 Å². The van der Waals surface area contributed by atoms with Gasteiger partial charge in [-0.3, -0.25) is 4.79 Å². The Labute approximate surface area is 117 Å². The molecule has 5 heteroatoms. The molecular weight excluding hydrogens is 266 g/mol. The molecule has 1 aromatic carbocycles. The Morgan fingerprint density at radius 1 is 1.58 bits per heavy atom. The van der Waals surface area contributed by atoms with Crippen molar-refractivity contribution in [3.63, 3.8) is 0 Å². The number of fused-ring (bicyclic) bond motifs is 1. The molecule has 1 aliphatic rings. The first kappa shape index (κ1) is 13.9. The first-order valence-electron chi connectivity index (χ1n) is 6.03. The number of carbonyl (C=O) groups is 1. The summed E-state index contributed by atoms with van der Waals surface area (Å²) in [7, 11) is 1.60. The van der Waals surface area contributed by atoms with Crippen LogP contribution in [-0.4, -0.2) is 32.3 Å². The van der Waals surface area contributed by atoms with E-state index >= 15 is 0 Å². The van der Waals surface area contributed by atoms with E-state index in [1.54, 1.807) is 31.4 Å². The molecule has 0 bridgehead atoms. The van der Waals surface area contributed by atoms with Gasteiger partial charge in [-0.25, -0.2) is 0 Å². The van der Waals surface area contributed by atoms with E-state index < -0.39 is 0 Å². The van der Waals surface area contributed by atoms with E-state index in [4.69, 9.17) is 21.1 Å². The molecule has 0 radical (unpaired) electrons. The molecule has 1 aromatic rings. The van der Waals surface area contributed by atoms with Crippen LogP contribution in [0.15, 0.2) is 23.8 Å². The average Bonchev–Trinajstić information content (AvgIpc) is 2.38. The van der Waals surface area contributed by atoms with Gasteiger partial charge >= 0.3 is 0 Å². The standard InChI is InChI=1S/C14H16ClNO3/c1-9(7-18-2)16-14(17)11-5-10-6-12(15)3-4-13(10)19-8-11/h3-6,9H,7-8H2,1-2H3,(H,16,17)/t9-/m0/s1. The topological polar surface area (TPSA) is 47.6 Å². The van der Waals surface area contributed by atoms with Crippen LogP contribution in [0, 0.1) is 0 Å². The Kier molecular flexibility index (Phi) is 4.45. The predicted octanol–water partition coefficient (Wildman–Crippen LogP) is 2.27. The van der Waals surface area contributed by atoms with Crippen LogP contribution in [0.5, 0.6) is 5.75 Å². The van der Waals surface area contributed by atoms with E-state index in [0.717, 1.165) is 11.3 Å². The van der Waals surface area contributed by atoms with Gasteiger partial charge in [0.25, 0.3) is 5.91 Å². The summed E-state index contributed by atoms with van der Waals surface area (Å²) in [6.45, 7) is 2.62. The lowest BCUT2D eigenvalue weighted by Gasteiger charge is -2.19. The summed E-state index contributed by atoms with van der Waals surface area (Å²) in [6.07, 6.45) is 1.81. The second-order valence-corrected chi connectivity index (χ2v) is 4.91. The molecule has 0 saturated heterocycles. The molecule has 0 fully saturated rings. The number of ether oxygens (including phenoxy) is 2. The third-order valence-corrected chi connectivity index (χ3v) is 3.01. The van der Waals surface area contributed by atoms with Gasteiger partial charge in [-0.2, -0.15) is 0 Å². The summed E-state index contributed by atoms with van der Waals surface area (Å²) in [5.74, 6) is 0.598. The maximum atomic E-state index is 12.0. The number of hydrogen-bond acceptors (Lipinski definition) is 3. The van der Waals surface area contributed by atoms with Crippen molar-refractivity contribution in [2.24, 2.45) is 0 Å². The second-order valence-electron chi connectivity index (χ2n) is 4.47. The maximum absolute atomic E-state index is 12.0. The van der Waals surface area contributed by atoms with Crippen molar-refractivity contribution in [2.45, 2.75) is 13.0 Å². The van der Waals surface area contributed by atoms with Crippen molar-refractivity contribution in [1.29, 1.82) is 0 Å². The summed E-state index contributed by atoms with van der Waals surface area (Å²) in [4.78, 5) is 12.0. The summed E-state index contributed by atoms with van der Waals surface area (Å²) in [6, 6.07) is 5.30. The predicted molar refractivity (Wildman–Crippen MR) is 74.4 cm³/mol. The van der Waals surface area contributed by atoms with Gasteiger partial charge in [0, 0.05) is 23.7 Å². The van der Waals surface area contributed by atoms with Gasteiger partial charge in [0.2, 0.25) is 0 Å². The minimum atomic E-state index is -0.143. The molecule has 0 aromatic heterocycles. The van der Waals surface area contributed by atoms with Crippen LogP contribution >= 0.6 is 11.6 Å². The number of carbonyl (C=O) groups excluding carboxylic acids is 1. The Morgan fingerprint density at radius 2 is 2.37 bits per heavy atom. The molecule has 0 aliphatic carbocycles. The summed E-state index contributed by atoms with van der Waals surface area (Å²) >= 11 is 5.93. The maximum Gasteiger partial charge on any atom is 0.250 e. The van der Waals surface area contributed by atoms with Gasteiger partial charge in [-0.1, -0.05) is 11.6 Å². The summed E-state index contributed by atoms with van der Waals surface area (Å²) in [5.41, 5.74) is 1.40. The molecule has 1 amide bonds. The normalized spacial score (nSPS) is 15.0. The van der Waals surface area contributed by atoms with Crippen LogP contribution in [-0.2, 0) is 9.53 Å². The number of hydrogen-bond donors (Lipinski definition) is 1. The lowest BCUT2D eigenvalue weighted by molar-refractivity contribution is -0.118. The zero-order valence-corrected chi connectivity index (χ0v) is 11.7. The fourth-order valence-electron chi connectivity index (χ4n) is 1.89. The number of halogens is 1. The summed E-state index contributed by atoms with van der Waals surface area (Å²) < 4.78 is 10.5. The summed E-state index contributed by atoms with van der Waals surface area (Å²) in [5, 5.41) is 3.47. The fraction of sp³-hybridized carbons (Fsp3) is 0.357. The first-order valence-corrected chi connectivity index (χ1v) is 6.40. The lowest BCUT2D eigenvalue weighted by atomic mass is 10.1. The molecule has 2 rings (SSSR count). The molecule has 1 aliphatic heterocycles. The molecule has 1 heterocycles. The highest BCUT2D eigenvalue weighted by molar-refractivity contribution is 6.30. The molecule has 0 spiro atoms. The number of benzene rings is 1. The highest BCUT2D eigenvalue weighted by Crippen LogP contribution is 2.28. The van der Waals surface area contributed by atoms with E-state index in [1.165, 1.54) is 0 Å². The van der Waals surface area contributed by atoms with Crippen LogP contribution < -0.4 is 10.1 Å². The first-order chi connectivity index (χ1) is 9.10. The van der Waals surface area contributed by atoms with Crippen molar-refractivity contribution in [1.82, 2.24) is 5.32 Å². The van der Waals surface area contributed by atoms with Gasteiger partial charge in [0.15, 0.2) is 0 Å². The number of nitrogens with one attached hydrogen (secondary N) is 1. The highest BCUT2D eigenvalue weighted by Gasteiger charge is 2.18. The van der Waals surface area contributed by atoms with E-state index in [0.29, 0.717) is 17.2 Å². The number of amides is 1. The zero-order valence-electron chi connectivity index (χ0n) is 10.9. The van der Waals surface area contributed by atoms with E-state index in [2.05, 4.69) is 5.32 Å². The molecule has 4 nitrogen and oxygen atoms in total. The van der Waals surface area contributed by atoms with Crippen molar-refractivity contribution >= 4 is 23.6 Å². The molecule has 0 saturated carbocycles. The van der Waals surface area contributed by atoms with Crippen LogP contribution in [0.1, 0.15) is 12.5 Å². The monoisotopic (exact) mass is 281 g/mol. The van der Waals surface area contributed by atoms with Gasteiger partial charge in [0.05, 0.1) is 12.2 Å².